The Morgan fingerprint density at radius 2 is 2.17 bits per heavy atom. The first-order valence-electron chi connectivity index (χ1n) is 8.68. The van der Waals surface area contributed by atoms with E-state index in [1.807, 2.05) is 31.2 Å². The van der Waals surface area contributed by atoms with Gasteiger partial charge in [0.05, 0.1) is 11.7 Å². The molecule has 1 amide bonds. The Bertz CT molecular complexity index is 838. The Balaban J connectivity index is 1.59. The van der Waals surface area contributed by atoms with Gasteiger partial charge in [-0.3, -0.25) is 9.59 Å². The van der Waals surface area contributed by atoms with Crippen molar-refractivity contribution in [2.45, 2.75) is 44.8 Å². The summed E-state index contributed by atoms with van der Waals surface area (Å²) in [6, 6.07) is 8.94. The van der Waals surface area contributed by atoms with Crippen molar-refractivity contribution >= 4 is 16.8 Å². The van der Waals surface area contributed by atoms with Gasteiger partial charge in [0.25, 0.3) is 5.91 Å². The zero-order chi connectivity index (χ0) is 16.7. The van der Waals surface area contributed by atoms with E-state index in [1.54, 1.807) is 0 Å². The van der Waals surface area contributed by atoms with Crippen LogP contribution in [0, 0.1) is 5.41 Å². The summed E-state index contributed by atoms with van der Waals surface area (Å²) in [5, 5.41) is 3.94. The Kier molecular flexibility index (Phi) is 3.68. The number of pyridine rings is 1. The Morgan fingerprint density at radius 1 is 1.38 bits per heavy atom. The van der Waals surface area contributed by atoms with Crippen LogP contribution in [-0.4, -0.2) is 29.6 Å². The molecule has 1 aromatic heterocycles. The standard InChI is InChI=1S/C19H22N2O3/c1-2-24-16-11-15(19(16)8-5-9-19)21-18(23)13-10-17(22)20-14-7-4-3-6-12(13)14/h3-4,6-7,10,15-16H,2,5,8-9,11H2,1H3,(H,20,22)(H,21,23)/t15-,16+/m1/s1. The zero-order valence-corrected chi connectivity index (χ0v) is 13.8. The van der Waals surface area contributed by atoms with E-state index in [-0.39, 0.29) is 29.0 Å². The number of para-hydroxylation sites is 1. The molecule has 2 aromatic rings. The van der Waals surface area contributed by atoms with Gasteiger partial charge in [-0.25, -0.2) is 0 Å². The second kappa shape index (κ2) is 5.74. The molecule has 4 rings (SSSR count). The fourth-order valence-electron chi connectivity index (χ4n) is 4.27. The van der Waals surface area contributed by atoms with Gasteiger partial charge >= 0.3 is 0 Å². The van der Waals surface area contributed by atoms with Crippen molar-refractivity contribution in [2.75, 3.05) is 6.61 Å². The van der Waals surface area contributed by atoms with Crippen LogP contribution in [0.25, 0.3) is 10.9 Å². The lowest BCUT2D eigenvalue weighted by molar-refractivity contribution is -0.169. The van der Waals surface area contributed by atoms with Crippen molar-refractivity contribution in [1.82, 2.24) is 10.3 Å². The van der Waals surface area contributed by atoms with Crippen LogP contribution < -0.4 is 10.9 Å². The third-order valence-electron chi connectivity index (χ3n) is 5.74. The highest BCUT2D eigenvalue weighted by Crippen LogP contribution is 2.57. The summed E-state index contributed by atoms with van der Waals surface area (Å²) in [5.74, 6) is -0.163. The molecule has 5 nitrogen and oxygen atoms in total. The Hall–Kier alpha value is -2.14. The molecule has 0 radical (unpaired) electrons. The lowest BCUT2D eigenvalue weighted by atomic mass is 9.51. The van der Waals surface area contributed by atoms with Crippen LogP contribution >= 0.6 is 0 Å². The van der Waals surface area contributed by atoms with Gasteiger partial charge in [-0.2, -0.15) is 0 Å². The van der Waals surface area contributed by atoms with Crippen LogP contribution in [0.15, 0.2) is 35.1 Å². The molecule has 24 heavy (non-hydrogen) atoms. The maximum Gasteiger partial charge on any atom is 0.252 e. The maximum absolute atomic E-state index is 12.8. The number of benzene rings is 1. The van der Waals surface area contributed by atoms with Gasteiger partial charge in [0, 0.05) is 35.0 Å². The molecule has 2 aliphatic carbocycles. The molecule has 2 aliphatic rings. The van der Waals surface area contributed by atoms with Gasteiger partial charge in [-0.15, -0.1) is 0 Å². The molecule has 0 bridgehead atoms. The van der Waals surface area contributed by atoms with Crippen LogP contribution in [0.2, 0.25) is 0 Å². The first-order chi connectivity index (χ1) is 11.6. The van der Waals surface area contributed by atoms with E-state index in [2.05, 4.69) is 10.3 Å². The minimum absolute atomic E-state index is 0.114. The van der Waals surface area contributed by atoms with Gasteiger partial charge in [0.2, 0.25) is 5.56 Å². The molecule has 2 N–H and O–H groups in total. The monoisotopic (exact) mass is 326 g/mol. The number of nitrogens with one attached hydrogen (secondary N) is 2. The van der Waals surface area contributed by atoms with Crippen molar-refractivity contribution < 1.29 is 9.53 Å². The second-order valence-electron chi connectivity index (χ2n) is 6.89. The van der Waals surface area contributed by atoms with Gasteiger partial charge < -0.3 is 15.0 Å². The molecule has 0 saturated heterocycles. The fourth-order valence-corrected chi connectivity index (χ4v) is 4.27. The fraction of sp³-hybridized carbons (Fsp3) is 0.474. The highest BCUT2D eigenvalue weighted by molar-refractivity contribution is 6.06. The summed E-state index contributed by atoms with van der Waals surface area (Å²) < 4.78 is 5.84. The number of aromatic amines is 1. The summed E-state index contributed by atoms with van der Waals surface area (Å²) in [4.78, 5) is 27.4. The molecule has 2 fully saturated rings. The van der Waals surface area contributed by atoms with Crippen LogP contribution in [-0.2, 0) is 4.74 Å². The summed E-state index contributed by atoms with van der Waals surface area (Å²) in [6.45, 7) is 2.73. The number of rotatable bonds is 4. The van der Waals surface area contributed by atoms with Gasteiger partial charge in [0.15, 0.2) is 0 Å². The van der Waals surface area contributed by atoms with Crippen molar-refractivity contribution in [2.24, 2.45) is 5.41 Å². The summed E-state index contributed by atoms with van der Waals surface area (Å²) in [7, 11) is 0. The number of amides is 1. The molecule has 126 valence electrons. The summed E-state index contributed by atoms with van der Waals surface area (Å²) in [6.07, 6.45) is 4.54. The largest absolute Gasteiger partial charge is 0.378 e. The normalized spacial score (nSPS) is 24.4. The first-order valence-corrected chi connectivity index (χ1v) is 8.68. The zero-order valence-electron chi connectivity index (χ0n) is 13.8. The van der Waals surface area contributed by atoms with Crippen molar-refractivity contribution in [3.63, 3.8) is 0 Å². The SMILES string of the molecule is CCO[C@H]1C[C@@H](NC(=O)c2cc(=O)[nH]c3ccccc23)C12CCC2. The average Bonchev–Trinajstić information content (AvgIpc) is 2.51. The molecule has 1 aromatic carbocycles. The van der Waals surface area contributed by atoms with Crippen LogP contribution in [0.1, 0.15) is 43.0 Å². The lowest BCUT2D eigenvalue weighted by Gasteiger charge is -2.61. The molecule has 1 spiro atoms. The number of carbonyl (C=O) groups excluding carboxylic acids is 1. The van der Waals surface area contributed by atoms with E-state index in [9.17, 15) is 9.59 Å². The molecule has 1 heterocycles. The van der Waals surface area contributed by atoms with Crippen molar-refractivity contribution in [3.05, 3.63) is 46.2 Å². The lowest BCUT2D eigenvalue weighted by Crippen LogP contribution is -2.67. The number of fused-ring (bicyclic) bond motifs is 1. The Labute approximate surface area is 140 Å². The quantitative estimate of drug-likeness (QED) is 0.907. The predicted octanol–water partition coefficient (Wildman–Crippen LogP) is 2.61. The number of ether oxygens (including phenoxy) is 1. The topological polar surface area (TPSA) is 71.2 Å². The van der Waals surface area contributed by atoms with E-state index >= 15 is 0 Å². The van der Waals surface area contributed by atoms with E-state index in [4.69, 9.17) is 4.74 Å². The number of aromatic nitrogens is 1. The molecule has 5 heteroatoms. The average molecular weight is 326 g/mol. The van der Waals surface area contributed by atoms with E-state index in [0.717, 1.165) is 24.6 Å². The highest BCUT2D eigenvalue weighted by atomic mass is 16.5. The molecule has 0 unspecified atom stereocenters. The number of hydrogen-bond acceptors (Lipinski definition) is 3. The van der Waals surface area contributed by atoms with Crippen molar-refractivity contribution in [1.29, 1.82) is 0 Å². The van der Waals surface area contributed by atoms with Crippen molar-refractivity contribution in [3.8, 4) is 0 Å². The molecule has 2 atom stereocenters. The van der Waals surface area contributed by atoms with Crippen LogP contribution in [0.4, 0.5) is 0 Å². The third-order valence-corrected chi connectivity index (χ3v) is 5.74. The first kappa shape index (κ1) is 15.4. The minimum atomic E-state index is -0.252. The van der Waals surface area contributed by atoms with Crippen LogP contribution in [0.3, 0.4) is 0 Å². The molecular weight excluding hydrogens is 304 g/mol. The van der Waals surface area contributed by atoms with Gasteiger partial charge in [-0.1, -0.05) is 24.6 Å². The van der Waals surface area contributed by atoms with E-state index < -0.39 is 0 Å². The van der Waals surface area contributed by atoms with Gasteiger partial charge in [0.1, 0.15) is 0 Å². The summed E-state index contributed by atoms with van der Waals surface area (Å²) in [5.41, 5.74) is 0.999. The maximum atomic E-state index is 12.8. The number of hydrogen-bond donors (Lipinski definition) is 2. The second-order valence-corrected chi connectivity index (χ2v) is 6.89. The highest BCUT2D eigenvalue weighted by Gasteiger charge is 2.59. The van der Waals surface area contributed by atoms with E-state index in [0.29, 0.717) is 17.7 Å². The predicted molar refractivity (Wildman–Crippen MR) is 92.1 cm³/mol. The summed E-state index contributed by atoms with van der Waals surface area (Å²) >= 11 is 0. The smallest absolute Gasteiger partial charge is 0.252 e. The number of H-pyrrole nitrogens is 1. The number of carbonyl (C=O) groups is 1. The molecule has 0 aliphatic heterocycles. The molecular formula is C19H22N2O3. The Morgan fingerprint density at radius 3 is 2.88 bits per heavy atom. The molecule has 2 saturated carbocycles. The minimum Gasteiger partial charge on any atom is -0.378 e. The van der Waals surface area contributed by atoms with Gasteiger partial charge in [-0.05, 0) is 32.3 Å². The van der Waals surface area contributed by atoms with E-state index in [1.165, 1.54) is 12.5 Å². The van der Waals surface area contributed by atoms with Crippen LogP contribution in [0.5, 0.6) is 0 Å². The third kappa shape index (κ3) is 2.26.